The molecular formula is C15H24N2OS. The predicted octanol–water partition coefficient (Wildman–Crippen LogP) is 2.54. The third kappa shape index (κ3) is 6.12. The van der Waals surface area contributed by atoms with Crippen LogP contribution >= 0.6 is 11.8 Å². The first-order valence-electron chi connectivity index (χ1n) is 6.63. The molecule has 4 heteroatoms. The van der Waals surface area contributed by atoms with Crippen LogP contribution in [0.3, 0.4) is 0 Å². The molecule has 1 aromatic carbocycles. The van der Waals surface area contributed by atoms with Gasteiger partial charge in [0, 0.05) is 11.4 Å². The Hall–Kier alpha value is -1.00. The fourth-order valence-electron chi connectivity index (χ4n) is 1.58. The Bertz CT molecular complexity index is 396. The van der Waals surface area contributed by atoms with Crippen LogP contribution in [0.4, 0.5) is 0 Å². The predicted molar refractivity (Wildman–Crippen MR) is 82.5 cm³/mol. The van der Waals surface area contributed by atoms with Gasteiger partial charge in [-0.25, -0.2) is 0 Å². The zero-order chi connectivity index (χ0) is 14.3. The second kappa shape index (κ2) is 7.56. The van der Waals surface area contributed by atoms with Crippen molar-refractivity contribution < 1.29 is 4.79 Å². The zero-order valence-electron chi connectivity index (χ0n) is 12.0. The highest BCUT2D eigenvalue weighted by Crippen LogP contribution is 2.25. The summed E-state index contributed by atoms with van der Waals surface area (Å²) in [6.45, 7) is 7.86. The van der Waals surface area contributed by atoms with Crippen molar-refractivity contribution in [3.8, 4) is 0 Å². The van der Waals surface area contributed by atoms with E-state index in [1.165, 1.54) is 5.56 Å². The summed E-state index contributed by atoms with van der Waals surface area (Å²) in [6, 6.07) is 8.43. The van der Waals surface area contributed by atoms with E-state index in [1.54, 1.807) is 11.8 Å². The van der Waals surface area contributed by atoms with E-state index in [2.05, 4.69) is 50.4 Å². The highest BCUT2D eigenvalue weighted by molar-refractivity contribution is 8.00. The van der Waals surface area contributed by atoms with Crippen LogP contribution < -0.4 is 11.1 Å². The minimum Gasteiger partial charge on any atom is -0.355 e. The van der Waals surface area contributed by atoms with E-state index in [0.29, 0.717) is 18.8 Å². The Morgan fingerprint density at radius 2 is 1.89 bits per heavy atom. The maximum atomic E-state index is 11.5. The van der Waals surface area contributed by atoms with Gasteiger partial charge in [0.25, 0.3) is 0 Å². The molecule has 0 aromatic heterocycles. The van der Waals surface area contributed by atoms with Gasteiger partial charge in [-0.15, -0.1) is 11.8 Å². The summed E-state index contributed by atoms with van der Waals surface area (Å²) >= 11 is 1.56. The summed E-state index contributed by atoms with van der Waals surface area (Å²) in [7, 11) is 0. The molecular weight excluding hydrogens is 256 g/mol. The summed E-state index contributed by atoms with van der Waals surface area (Å²) < 4.78 is 0. The maximum absolute atomic E-state index is 11.5. The molecule has 19 heavy (non-hydrogen) atoms. The smallest absolute Gasteiger partial charge is 0.230 e. The molecule has 3 N–H and O–H groups in total. The second-order valence-electron chi connectivity index (χ2n) is 5.56. The van der Waals surface area contributed by atoms with Gasteiger partial charge in [0.2, 0.25) is 5.91 Å². The number of hydrogen-bond donors (Lipinski definition) is 2. The van der Waals surface area contributed by atoms with Crippen molar-refractivity contribution in [2.24, 2.45) is 5.73 Å². The Morgan fingerprint density at radius 1 is 1.26 bits per heavy atom. The molecule has 1 aromatic rings. The van der Waals surface area contributed by atoms with Crippen molar-refractivity contribution >= 4 is 17.7 Å². The highest BCUT2D eigenvalue weighted by atomic mass is 32.2. The van der Waals surface area contributed by atoms with Gasteiger partial charge in [-0.1, -0.05) is 32.9 Å². The fraction of sp³-hybridized carbons (Fsp3) is 0.533. The van der Waals surface area contributed by atoms with E-state index in [1.807, 2.05) is 0 Å². The van der Waals surface area contributed by atoms with E-state index >= 15 is 0 Å². The fourth-order valence-corrected chi connectivity index (χ4v) is 2.31. The molecule has 3 nitrogen and oxygen atoms in total. The number of carbonyl (C=O) groups excluding carboxylic acids is 1. The Kier molecular flexibility index (Phi) is 6.38. The Balaban J connectivity index is 2.40. The topological polar surface area (TPSA) is 55.1 Å². The lowest BCUT2D eigenvalue weighted by atomic mass is 9.87. The summed E-state index contributed by atoms with van der Waals surface area (Å²) in [5, 5.41) is 2.85. The number of thioether (sulfide) groups is 1. The summed E-state index contributed by atoms with van der Waals surface area (Å²) in [6.07, 6.45) is 0.830. The molecule has 0 saturated heterocycles. The van der Waals surface area contributed by atoms with E-state index in [0.717, 1.165) is 11.3 Å². The lowest BCUT2D eigenvalue weighted by Crippen LogP contribution is -2.27. The SMILES string of the molecule is CC(C)(C)c1ccc(SCC(=O)NCCCN)cc1. The molecule has 0 spiro atoms. The molecule has 0 unspecified atom stereocenters. The van der Waals surface area contributed by atoms with Crippen LogP contribution in [-0.4, -0.2) is 24.7 Å². The van der Waals surface area contributed by atoms with E-state index in [9.17, 15) is 4.79 Å². The largest absolute Gasteiger partial charge is 0.355 e. The first-order valence-corrected chi connectivity index (χ1v) is 7.62. The summed E-state index contributed by atoms with van der Waals surface area (Å²) in [5.41, 5.74) is 6.85. The molecule has 1 rings (SSSR count). The van der Waals surface area contributed by atoms with Crippen LogP contribution in [0.5, 0.6) is 0 Å². The van der Waals surface area contributed by atoms with Gasteiger partial charge in [0.1, 0.15) is 0 Å². The third-order valence-corrected chi connectivity index (χ3v) is 3.81. The number of benzene rings is 1. The van der Waals surface area contributed by atoms with Crippen LogP contribution in [-0.2, 0) is 10.2 Å². The number of nitrogens with two attached hydrogens (primary N) is 1. The van der Waals surface area contributed by atoms with Crippen molar-refractivity contribution in [1.82, 2.24) is 5.32 Å². The van der Waals surface area contributed by atoms with Gasteiger partial charge >= 0.3 is 0 Å². The summed E-state index contributed by atoms with van der Waals surface area (Å²) in [5.74, 6) is 0.526. The monoisotopic (exact) mass is 280 g/mol. The van der Waals surface area contributed by atoms with Crippen LogP contribution in [0.2, 0.25) is 0 Å². The normalized spacial score (nSPS) is 11.4. The first-order chi connectivity index (χ1) is 8.93. The van der Waals surface area contributed by atoms with Gasteiger partial charge in [0.05, 0.1) is 5.75 Å². The van der Waals surface area contributed by atoms with Crippen LogP contribution in [0.1, 0.15) is 32.8 Å². The quantitative estimate of drug-likeness (QED) is 0.622. The second-order valence-corrected chi connectivity index (χ2v) is 6.60. The Labute approximate surface area is 120 Å². The lowest BCUT2D eigenvalue weighted by Gasteiger charge is -2.19. The number of nitrogens with one attached hydrogen (secondary N) is 1. The number of rotatable bonds is 6. The average Bonchev–Trinajstić information content (AvgIpc) is 2.36. The van der Waals surface area contributed by atoms with Crippen LogP contribution in [0.25, 0.3) is 0 Å². The third-order valence-electron chi connectivity index (χ3n) is 2.79. The first kappa shape index (κ1) is 16.1. The van der Waals surface area contributed by atoms with Crippen molar-refractivity contribution in [2.45, 2.75) is 37.5 Å². The standard InChI is InChI=1S/C15H24N2OS/c1-15(2,3)12-5-7-13(8-6-12)19-11-14(18)17-10-4-9-16/h5-8H,4,9-11,16H2,1-3H3,(H,17,18). The van der Waals surface area contributed by atoms with Crippen molar-refractivity contribution in [3.63, 3.8) is 0 Å². The molecule has 0 fully saturated rings. The van der Waals surface area contributed by atoms with Crippen molar-refractivity contribution in [3.05, 3.63) is 29.8 Å². The van der Waals surface area contributed by atoms with Crippen LogP contribution in [0, 0.1) is 0 Å². The lowest BCUT2D eigenvalue weighted by molar-refractivity contribution is -0.118. The van der Waals surface area contributed by atoms with Gasteiger partial charge in [-0.2, -0.15) is 0 Å². The molecule has 0 aliphatic rings. The minimum absolute atomic E-state index is 0.0679. The van der Waals surface area contributed by atoms with Crippen molar-refractivity contribution in [1.29, 1.82) is 0 Å². The molecule has 106 valence electrons. The molecule has 0 saturated carbocycles. The van der Waals surface area contributed by atoms with Crippen LogP contribution in [0.15, 0.2) is 29.2 Å². The average molecular weight is 280 g/mol. The van der Waals surface area contributed by atoms with Gasteiger partial charge in [-0.3, -0.25) is 4.79 Å². The van der Waals surface area contributed by atoms with Gasteiger partial charge in [0.15, 0.2) is 0 Å². The number of amides is 1. The van der Waals surface area contributed by atoms with Crippen molar-refractivity contribution in [2.75, 3.05) is 18.8 Å². The zero-order valence-corrected chi connectivity index (χ0v) is 12.8. The molecule has 1 amide bonds. The van der Waals surface area contributed by atoms with E-state index in [4.69, 9.17) is 5.73 Å². The molecule has 0 heterocycles. The maximum Gasteiger partial charge on any atom is 0.230 e. The van der Waals surface area contributed by atoms with Gasteiger partial charge < -0.3 is 11.1 Å². The molecule has 0 atom stereocenters. The number of carbonyl (C=O) groups is 1. The molecule has 0 aliphatic heterocycles. The molecule has 0 bridgehead atoms. The number of hydrogen-bond acceptors (Lipinski definition) is 3. The summed E-state index contributed by atoms with van der Waals surface area (Å²) in [4.78, 5) is 12.7. The van der Waals surface area contributed by atoms with Gasteiger partial charge in [-0.05, 0) is 36.1 Å². The molecule has 0 radical (unpaired) electrons. The van der Waals surface area contributed by atoms with E-state index < -0.39 is 0 Å². The molecule has 0 aliphatic carbocycles. The highest BCUT2D eigenvalue weighted by Gasteiger charge is 2.13. The Morgan fingerprint density at radius 3 is 2.42 bits per heavy atom. The minimum atomic E-state index is 0.0679. The van der Waals surface area contributed by atoms with E-state index in [-0.39, 0.29) is 11.3 Å².